The summed E-state index contributed by atoms with van der Waals surface area (Å²) < 4.78 is 26.3. The van der Waals surface area contributed by atoms with Crippen LogP contribution in [-0.2, 0) is 22.3 Å². The first kappa shape index (κ1) is 19.2. The van der Waals surface area contributed by atoms with Crippen LogP contribution in [0.25, 0.3) is 16.7 Å². The van der Waals surface area contributed by atoms with Crippen molar-refractivity contribution in [2.45, 2.75) is 29.3 Å². The van der Waals surface area contributed by atoms with Crippen molar-refractivity contribution in [3.05, 3.63) is 52.1 Å². The first-order valence-corrected chi connectivity index (χ1v) is 11.0. The number of fused-ring (bicyclic) bond motifs is 2. The van der Waals surface area contributed by atoms with Gasteiger partial charge in [0.2, 0.25) is 10.0 Å². The summed E-state index contributed by atoms with van der Waals surface area (Å²) >= 11 is 1.36. The third-order valence-electron chi connectivity index (χ3n) is 4.35. The van der Waals surface area contributed by atoms with Gasteiger partial charge in [0.05, 0.1) is 21.6 Å². The zero-order valence-corrected chi connectivity index (χ0v) is 16.8. The largest absolute Gasteiger partial charge is 0.319 e. The average Bonchev–Trinajstić information content (AvgIpc) is 3.25. The van der Waals surface area contributed by atoms with Gasteiger partial charge >= 0.3 is 0 Å². The Labute approximate surface area is 169 Å². The number of aromatic nitrogens is 5. The van der Waals surface area contributed by atoms with Crippen LogP contribution in [0.3, 0.4) is 0 Å². The summed E-state index contributed by atoms with van der Waals surface area (Å²) in [5.74, 6) is 0.354. The van der Waals surface area contributed by atoms with Gasteiger partial charge in [-0.3, -0.25) is 9.89 Å². The van der Waals surface area contributed by atoms with E-state index >= 15 is 0 Å². The molecule has 3 heterocycles. The number of nitriles is 1. The molecule has 0 radical (unpaired) electrons. The van der Waals surface area contributed by atoms with Gasteiger partial charge in [0.25, 0.3) is 5.56 Å². The smallest absolute Gasteiger partial charge is 0.272 e. The lowest BCUT2D eigenvalue weighted by Crippen LogP contribution is -2.15. The first-order chi connectivity index (χ1) is 13.8. The number of hydrogen-bond donors (Lipinski definition) is 2. The number of aryl methyl sites for hydroxylation is 1. The number of nitrogens with zero attached hydrogens (tertiary/aromatic N) is 5. The van der Waals surface area contributed by atoms with Gasteiger partial charge in [-0.2, -0.15) is 5.26 Å². The van der Waals surface area contributed by atoms with Crippen molar-refractivity contribution in [2.75, 3.05) is 0 Å². The molecule has 0 aliphatic rings. The fraction of sp³-hybridized carbons (Fsp3) is 0.176. The van der Waals surface area contributed by atoms with Gasteiger partial charge in [0.15, 0.2) is 10.8 Å². The Morgan fingerprint density at radius 3 is 2.79 bits per heavy atom. The van der Waals surface area contributed by atoms with E-state index in [1.165, 1.54) is 40.7 Å². The number of imidazole rings is 1. The van der Waals surface area contributed by atoms with Gasteiger partial charge in [-0.15, -0.1) is 0 Å². The fourth-order valence-corrected chi connectivity index (χ4v) is 4.51. The summed E-state index contributed by atoms with van der Waals surface area (Å²) in [6, 6.07) is 7.96. The molecule has 29 heavy (non-hydrogen) atoms. The number of nitrogens with two attached hydrogens (primary N) is 1. The van der Waals surface area contributed by atoms with Crippen LogP contribution in [0.1, 0.15) is 18.2 Å². The van der Waals surface area contributed by atoms with Gasteiger partial charge < -0.3 is 4.57 Å². The Balaban J connectivity index is 1.70. The molecule has 0 amide bonds. The standard InChI is InChI=1S/C17H15N7O3S2/c1-2-23-14-4-3-12(29(19,26)27)6-13(14)22-17(23)28-9-11-5-15(25)24-16(21-11)10(7-18)8-20-24/h3-6,8,20H,2,9H2,1H3,(H2,19,26,27). The van der Waals surface area contributed by atoms with E-state index in [9.17, 15) is 13.2 Å². The molecule has 0 fully saturated rings. The highest BCUT2D eigenvalue weighted by Gasteiger charge is 2.15. The molecular weight excluding hydrogens is 414 g/mol. The van der Waals surface area contributed by atoms with Crippen LogP contribution in [0, 0.1) is 11.3 Å². The van der Waals surface area contributed by atoms with Crippen molar-refractivity contribution < 1.29 is 8.42 Å². The molecular formula is C17H15N7O3S2. The summed E-state index contributed by atoms with van der Waals surface area (Å²) in [6.45, 7) is 2.58. The number of primary sulfonamides is 1. The fourth-order valence-electron chi connectivity index (χ4n) is 3.00. The van der Waals surface area contributed by atoms with Gasteiger partial charge in [0, 0.05) is 24.6 Å². The molecule has 3 aromatic heterocycles. The minimum absolute atomic E-state index is 0.000988. The van der Waals surface area contributed by atoms with Crippen LogP contribution >= 0.6 is 11.8 Å². The molecule has 0 unspecified atom stereocenters. The van der Waals surface area contributed by atoms with Crippen LogP contribution < -0.4 is 10.7 Å². The molecule has 0 bridgehead atoms. The number of aromatic amines is 1. The van der Waals surface area contributed by atoms with Crippen LogP contribution in [0.2, 0.25) is 0 Å². The molecule has 4 aromatic rings. The molecule has 1 aromatic carbocycles. The summed E-state index contributed by atoms with van der Waals surface area (Å²) in [7, 11) is -3.82. The van der Waals surface area contributed by atoms with Crippen LogP contribution in [0.4, 0.5) is 0 Å². The van der Waals surface area contributed by atoms with Crippen molar-refractivity contribution in [2.24, 2.45) is 5.14 Å². The summed E-state index contributed by atoms with van der Waals surface area (Å²) in [5.41, 5.74) is 2.05. The SMILES string of the molecule is CCn1c(SCc2cc(=O)n3[nH]cc(C#N)c3n2)nc2cc(S(N)(=O)=O)ccc21. The minimum atomic E-state index is -3.82. The second-order valence-electron chi connectivity index (χ2n) is 6.17. The Morgan fingerprint density at radius 2 is 2.10 bits per heavy atom. The monoisotopic (exact) mass is 429 g/mol. The number of nitrogens with one attached hydrogen (secondary N) is 1. The number of sulfonamides is 1. The predicted octanol–water partition coefficient (Wildman–Crippen LogP) is 1.20. The quantitative estimate of drug-likeness (QED) is 0.452. The van der Waals surface area contributed by atoms with Gasteiger partial charge in [-0.1, -0.05) is 11.8 Å². The number of thioether (sulfide) groups is 1. The van der Waals surface area contributed by atoms with Crippen LogP contribution in [0.15, 0.2) is 45.3 Å². The maximum atomic E-state index is 12.2. The van der Waals surface area contributed by atoms with E-state index in [2.05, 4.69) is 15.1 Å². The van der Waals surface area contributed by atoms with E-state index in [0.29, 0.717) is 28.7 Å². The molecule has 0 saturated heterocycles. The third kappa shape index (κ3) is 3.39. The molecule has 0 saturated carbocycles. The lowest BCUT2D eigenvalue weighted by Gasteiger charge is -2.06. The van der Waals surface area contributed by atoms with Crippen molar-refractivity contribution in [3.8, 4) is 6.07 Å². The van der Waals surface area contributed by atoms with Gasteiger partial charge in [0.1, 0.15) is 11.6 Å². The van der Waals surface area contributed by atoms with Crippen LogP contribution in [-0.4, -0.2) is 32.6 Å². The number of H-pyrrole nitrogens is 1. The minimum Gasteiger partial charge on any atom is -0.319 e. The molecule has 3 N–H and O–H groups in total. The third-order valence-corrected chi connectivity index (χ3v) is 6.27. The number of hydrogen-bond acceptors (Lipinski definition) is 7. The highest BCUT2D eigenvalue weighted by atomic mass is 32.2. The van der Waals surface area contributed by atoms with E-state index in [0.717, 1.165) is 5.52 Å². The maximum absolute atomic E-state index is 12.2. The van der Waals surface area contributed by atoms with Crippen molar-refractivity contribution in [1.82, 2.24) is 24.1 Å². The summed E-state index contributed by atoms with van der Waals surface area (Å²) in [5, 5.41) is 17.7. The molecule has 4 rings (SSSR count). The Bertz CT molecular complexity index is 1460. The predicted molar refractivity (Wildman–Crippen MR) is 107 cm³/mol. The van der Waals surface area contributed by atoms with Crippen molar-refractivity contribution >= 4 is 38.5 Å². The van der Waals surface area contributed by atoms with Gasteiger partial charge in [-0.05, 0) is 25.1 Å². The molecule has 12 heteroatoms. The van der Waals surface area contributed by atoms with Crippen molar-refractivity contribution in [1.29, 1.82) is 5.26 Å². The maximum Gasteiger partial charge on any atom is 0.272 e. The van der Waals surface area contributed by atoms with Crippen molar-refractivity contribution in [3.63, 3.8) is 0 Å². The second kappa shape index (κ2) is 7.03. The van der Waals surface area contributed by atoms with E-state index in [1.54, 1.807) is 6.07 Å². The Morgan fingerprint density at radius 1 is 1.31 bits per heavy atom. The highest BCUT2D eigenvalue weighted by Crippen LogP contribution is 2.27. The lowest BCUT2D eigenvalue weighted by molar-refractivity contribution is 0.598. The first-order valence-electron chi connectivity index (χ1n) is 8.48. The lowest BCUT2D eigenvalue weighted by atomic mass is 10.3. The van der Waals surface area contributed by atoms with Crippen LogP contribution in [0.5, 0.6) is 0 Å². The summed E-state index contributed by atoms with van der Waals surface area (Å²) in [4.78, 5) is 21.1. The molecule has 148 valence electrons. The van der Waals surface area contributed by atoms with E-state index in [-0.39, 0.29) is 21.7 Å². The van der Waals surface area contributed by atoms with E-state index in [4.69, 9.17) is 10.4 Å². The second-order valence-corrected chi connectivity index (χ2v) is 8.67. The average molecular weight is 429 g/mol. The highest BCUT2D eigenvalue weighted by molar-refractivity contribution is 7.98. The molecule has 0 aliphatic heterocycles. The normalized spacial score (nSPS) is 11.9. The molecule has 0 aliphatic carbocycles. The Hall–Kier alpha value is -3.14. The molecule has 0 atom stereocenters. The van der Waals surface area contributed by atoms with E-state index < -0.39 is 10.0 Å². The molecule has 10 nitrogen and oxygen atoms in total. The Kier molecular flexibility index (Phi) is 4.65. The topological polar surface area (TPSA) is 152 Å². The zero-order valence-electron chi connectivity index (χ0n) is 15.2. The summed E-state index contributed by atoms with van der Waals surface area (Å²) in [6.07, 6.45) is 1.43. The zero-order chi connectivity index (χ0) is 20.8. The number of rotatable bonds is 5. The molecule has 0 spiro atoms. The van der Waals surface area contributed by atoms with E-state index in [1.807, 2.05) is 17.6 Å². The van der Waals surface area contributed by atoms with Gasteiger partial charge in [-0.25, -0.2) is 28.0 Å². The number of benzene rings is 1.